The zero-order chi connectivity index (χ0) is 12.5. The summed E-state index contributed by atoms with van der Waals surface area (Å²) in [4.78, 5) is 15.2. The normalized spacial score (nSPS) is 16.3. The summed E-state index contributed by atoms with van der Waals surface area (Å²) < 4.78 is 0. The fraction of sp³-hybridized carbons (Fsp3) is 0.357. The van der Waals surface area contributed by atoms with Crippen LogP contribution in [0.25, 0.3) is 10.9 Å². The Morgan fingerprint density at radius 3 is 2.83 bits per heavy atom. The quantitative estimate of drug-likeness (QED) is 0.855. The maximum atomic E-state index is 12.1. The van der Waals surface area contributed by atoms with Gasteiger partial charge in [-0.25, -0.2) is 0 Å². The van der Waals surface area contributed by atoms with E-state index in [0.717, 1.165) is 23.7 Å². The molecule has 1 fully saturated rings. The standard InChI is InChI=1S/C14H15ClN2O/c15-11-7-3-4-9-8-12(17-13(9)11)14(18)16-10-5-1-2-6-10/h3-4,7-8,10,17H,1-2,5-6H2,(H,16,18). The summed E-state index contributed by atoms with van der Waals surface area (Å²) in [7, 11) is 0. The van der Waals surface area contributed by atoms with Crippen LogP contribution in [0, 0.1) is 0 Å². The van der Waals surface area contributed by atoms with Crippen molar-refractivity contribution in [2.45, 2.75) is 31.7 Å². The van der Waals surface area contributed by atoms with E-state index in [9.17, 15) is 4.79 Å². The van der Waals surface area contributed by atoms with Crippen LogP contribution in [-0.4, -0.2) is 16.9 Å². The number of carbonyl (C=O) groups excluding carboxylic acids is 1. The van der Waals surface area contributed by atoms with Gasteiger partial charge in [0.25, 0.3) is 5.91 Å². The molecule has 0 bridgehead atoms. The van der Waals surface area contributed by atoms with E-state index < -0.39 is 0 Å². The number of aromatic amines is 1. The molecule has 2 N–H and O–H groups in total. The highest BCUT2D eigenvalue weighted by Gasteiger charge is 2.19. The van der Waals surface area contributed by atoms with E-state index in [0.29, 0.717) is 16.8 Å². The summed E-state index contributed by atoms with van der Waals surface area (Å²) in [5.41, 5.74) is 1.42. The number of H-pyrrole nitrogens is 1. The third kappa shape index (κ3) is 2.10. The zero-order valence-corrected chi connectivity index (χ0v) is 10.8. The molecule has 94 valence electrons. The van der Waals surface area contributed by atoms with Crippen LogP contribution in [0.2, 0.25) is 5.02 Å². The Kier molecular flexibility index (Phi) is 3.00. The Bertz CT molecular complexity index is 584. The van der Waals surface area contributed by atoms with Gasteiger partial charge in [-0.3, -0.25) is 4.79 Å². The van der Waals surface area contributed by atoms with Gasteiger partial charge in [0.05, 0.1) is 10.5 Å². The molecule has 1 heterocycles. The highest BCUT2D eigenvalue weighted by Crippen LogP contribution is 2.24. The van der Waals surface area contributed by atoms with Crippen molar-refractivity contribution in [1.29, 1.82) is 0 Å². The first-order valence-corrected chi connectivity index (χ1v) is 6.70. The van der Waals surface area contributed by atoms with E-state index in [1.165, 1.54) is 12.8 Å². The lowest BCUT2D eigenvalue weighted by Gasteiger charge is -2.10. The van der Waals surface area contributed by atoms with Crippen LogP contribution >= 0.6 is 11.6 Å². The predicted octanol–water partition coefficient (Wildman–Crippen LogP) is 3.49. The molecular formula is C14H15ClN2O. The van der Waals surface area contributed by atoms with Crippen molar-refractivity contribution in [3.05, 3.63) is 35.0 Å². The van der Waals surface area contributed by atoms with Crippen molar-refractivity contribution in [2.75, 3.05) is 0 Å². The highest BCUT2D eigenvalue weighted by molar-refractivity contribution is 6.35. The van der Waals surface area contributed by atoms with Crippen molar-refractivity contribution in [3.8, 4) is 0 Å². The molecule has 1 aromatic heterocycles. The molecule has 1 saturated carbocycles. The van der Waals surface area contributed by atoms with E-state index in [4.69, 9.17) is 11.6 Å². The van der Waals surface area contributed by atoms with Crippen LogP contribution in [0.5, 0.6) is 0 Å². The number of aromatic nitrogens is 1. The first kappa shape index (κ1) is 11.6. The monoisotopic (exact) mass is 262 g/mol. The van der Waals surface area contributed by atoms with E-state index in [-0.39, 0.29) is 5.91 Å². The fourth-order valence-corrected chi connectivity index (χ4v) is 2.80. The molecule has 3 rings (SSSR count). The van der Waals surface area contributed by atoms with Crippen molar-refractivity contribution >= 4 is 28.4 Å². The number of carbonyl (C=O) groups is 1. The Hall–Kier alpha value is -1.48. The third-order valence-electron chi connectivity index (χ3n) is 3.54. The van der Waals surface area contributed by atoms with Crippen LogP contribution < -0.4 is 5.32 Å². The van der Waals surface area contributed by atoms with Crippen LogP contribution in [0.1, 0.15) is 36.2 Å². The zero-order valence-electron chi connectivity index (χ0n) is 10.0. The summed E-state index contributed by atoms with van der Waals surface area (Å²) >= 11 is 6.08. The maximum Gasteiger partial charge on any atom is 0.267 e. The summed E-state index contributed by atoms with van der Waals surface area (Å²) in [6.07, 6.45) is 4.60. The van der Waals surface area contributed by atoms with Gasteiger partial charge in [-0.15, -0.1) is 0 Å². The number of hydrogen-bond donors (Lipinski definition) is 2. The highest BCUT2D eigenvalue weighted by atomic mass is 35.5. The van der Waals surface area contributed by atoms with Crippen molar-refractivity contribution in [3.63, 3.8) is 0 Å². The molecule has 0 aliphatic heterocycles. The van der Waals surface area contributed by atoms with Gasteiger partial charge in [0.2, 0.25) is 0 Å². The topological polar surface area (TPSA) is 44.9 Å². The van der Waals surface area contributed by atoms with Crippen molar-refractivity contribution in [2.24, 2.45) is 0 Å². The number of amides is 1. The van der Waals surface area contributed by atoms with Gasteiger partial charge in [-0.05, 0) is 25.0 Å². The smallest absolute Gasteiger partial charge is 0.267 e. The Morgan fingerprint density at radius 2 is 2.11 bits per heavy atom. The van der Waals surface area contributed by atoms with Crippen LogP contribution in [0.3, 0.4) is 0 Å². The minimum atomic E-state index is -0.0332. The van der Waals surface area contributed by atoms with E-state index >= 15 is 0 Å². The number of hydrogen-bond acceptors (Lipinski definition) is 1. The van der Waals surface area contributed by atoms with Gasteiger partial charge in [0.1, 0.15) is 5.69 Å². The molecule has 1 aliphatic rings. The molecule has 0 saturated heterocycles. The van der Waals surface area contributed by atoms with Crippen molar-refractivity contribution in [1.82, 2.24) is 10.3 Å². The molecule has 1 amide bonds. The summed E-state index contributed by atoms with van der Waals surface area (Å²) in [6, 6.07) is 7.84. The minimum absolute atomic E-state index is 0.0332. The SMILES string of the molecule is O=C(NC1CCCC1)c1cc2cccc(Cl)c2[nH]1. The third-order valence-corrected chi connectivity index (χ3v) is 3.86. The lowest BCUT2D eigenvalue weighted by Crippen LogP contribution is -2.32. The predicted molar refractivity (Wildman–Crippen MR) is 73.0 cm³/mol. The summed E-state index contributed by atoms with van der Waals surface area (Å²) in [5.74, 6) is -0.0332. The Balaban J connectivity index is 1.85. The van der Waals surface area contributed by atoms with Gasteiger partial charge < -0.3 is 10.3 Å². The number of nitrogens with one attached hydrogen (secondary N) is 2. The van der Waals surface area contributed by atoms with Crippen LogP contribution in [0.15, 0.2) is 24.3 Å². The first-order valence-electron chi connectivity index (χ1n) is 6.32. The first-order chi connectivity index (χ1) is 8.74. The second-order valence-electron chi connectivity index (χ2n) is 4.84. The molecule has 2 aromatic rings. The molecule has 0 atom stereocenters. The molecule has 3 nitrogen and oxygen atoms in total. The second kappa shape index (κ2) is 4.65. The number of para-hydroxylation sites is 1. The van der Waals surface area contributed by atoms with Gasteiger partial charge in [0, 0.05) is 11.4 Å². The van der Waals surface area contributed by atoms with Gasteiger partial charge in [-0.2, -0.15) is 0 Å². The van der Waals surface area contributed by atoms with E-state index in [1.54, 1.807) is 0 Å². The molecule has 4 heteroatoms. The van der Waals surface area contributed by atoms with Gasteiger partial charge >= 0.3 is 0 Å². The Labute approximate surface area is 111 Å². The molecule has 18 heavy (non-hydrogen) atoms. The average molecular weight is 263 g/mol. The number of benzene rings is 1. The summed E-state index contributed by atoms with van der Waals surface area (Å²) in [6.45, 7) is 0. The number of halogens is 1. The molecule has 1 aromatic carbocycles. The average Bonchev–Trinajstić information content (AvgIpc) is 2.97. The van der Waals surface area contributed by atoms with E-state index in [2.05, 4.69) is 10.3 Å². The molecule has 1 aliphatic carbocycles. The molecular weight excluding hydrogens is 248 g/mol. The van der Waals surface area contributed by atoms with Crippen LogP contribution in [-0.2, 0) is 0 Å². The van der Waals surface area contributed by atoms with Crippen LogP contribution in [0.4, 0.5) is 0 Å². The largest absolute Gasteiger partial charge is 0.349 e. The second-order valence-corrected chi connectivity index (χ2v) is 5.25. The summed E-state index contributed by atoms with van der Waals surface area (Å²) in [5, 5.41) is 4.68. The number of rotatable bonds is 2. The minimum Gasteiger partial charge on any atom is -0.349 e. The molecule has 0 spiro atoms. The lowest BCUT2D eigenvalue weighted by molar-refractivity contribution is 0.0933. The maximum absolute atomic E-state index is 12.1. The van der Waals surface area contributed by atoms with Gasteiger partial charge in [-0.1, -0.05) is 36.6 Å². The number of fused-ring (bicyclic) bond motifs is 1. The van der Waals surface area contributed by atoms with Crippen molar-refractivity contribution < 1.29 is 4.79 Å². The fourth-order valence-electron chi connectivity index (χ4n) is 2.57. The Morgan fingerprint density at radius 1 is 1.33 bits per heavy atom. The van der Waals surface area contributed by atoms with E-state index in [1.807, 2.05) is 24.3 Å². The van der Waals surface area contributed by atoms with Gasteiger partial charge in [0.15, 0.2) is 0 Å². The lowest BCUT2D eigenvalue weighted by atomic mass is 10.2. The molecule has 0 unspecified atom stereocenters. The molecule has 0 radical (unpaired) electrons.